The molecule has 1 saturated heterocycles. The maximum absolute atomic E-state index is 11.3. The van der Waals surface area contributed by atoms with E-state index in [1.54, 1.807) is 22.7 Å². The number of nitrogens with two attached hydrogens (primary N) is 1. The molecule has 1 aliphatic heterocycles. The Morgan fingerprint density at radius 1 is 1.30 bits per heavy atom. The van der Waals surface area contributed by atoms with E-state index in [4.69, 9.17) is 5.73 Å². The third-order valence-corrected chi connectivity index (χ3v) is 3.75. The Morgan fingerprint density at radius 2 is 2.05 bits per heavy atom. The number of fused-ring (bicyclic) bond motifs is 1. The molecule has 3 rings (SSSR count). The van der Waals surface area contributed by atoms with E-state index in [2.05, 4.69) is 9.88 Å². The lowest BCUT2D eigenvalue weighted by Gasteiger charge is -2.25. The molecule has 1 fully saturated rings. The molecule has 0 unspecified atom stereocenters. The lowest BCUT2D eigenvalue weighted by molar-refractivity contribution is 0.0693. The fraction of sp³-hybridized carbons (Fsp3) is 0.429. The van der Waals surface area contributed by atoms with Crippen molar-refractivity contribution in [1.82, 2.24) is 14.3 Å². The van der Waals surface area contributed by atoms with Gasteiger partial charge in [0.15, 0.2) is 5.69 Å². The van der Waals surface area contributed by atoms with Gasteiger partial charge in [-0.25, -0.2) is 9.78 Å². The first kappa shape index (κ1) is 12.9. The molecular weight excluding hydrogens is 256 g/mol. The van der Waals surface area contributed by atoms with Crippen LogP contribution in [0.4, 0.5) is 5.69 Å². The van der Waals surface area contributed by atoms with Crippen molar-refractivity contribution in [2.45, 2.75) is 25.8 Å². The van der Waals surface area contributed by atoms with Crippen LogP contribution in [0.2, 0.25) is 0 Å². The highest BCUT2D eigenvalue weighted by Gasteiger charge is 2.19. The summed E-state index contributed by atoms with van der Waals surface area (Å²) in [6.07, 6.45) is 5.40. The Balaban J connectivity index is 2.00. The standard InChI is InChI=1S/C14H18N4O2/c15-10-4-5-11-13(14(19)20)16-12(18(11)8-10)9-17-6-2-1-3-7-17/h4-5,8H,1-3,6-7,9,15H2,(H,19,20). The second-order valence-electron chi connectivity index (χ2n) is 5.24. The van der Waals surface area contributed by atoms with Gasteiger partial charge in [0.05, 0.1) is 12.1 Å². The quantitative estimate of drug-likeness (QED) is 0.888. The number of carboxylic acids is 1. The zero-order valence-electron chi connectivity index (χ0n) is 11.2. The highest BCUT2D eigenvalue weighted by atomic mass is 16.4. The number of carbonyl (C=O) groups is 1. The third-order valence-electron chi connectivity index (χ3n) is 3.75. The van der Waals surface area contributed by atoms with Crippen LogP contribution >= 0.6 is 0 Å². The second kappa shape index (κ2) is 5.13. The van der Waals surface area contributed by atoms with Crippen LogP contribution in [0.25, 0.3) is 5.52 Å². The third kappa shape index (κ3) is 2.34. The predicted molar refractivity (Wildman–Crippen MR) is 75.7 cm³/mol. The van der Waals surface area contributed by atoms with Crippen molar-refractivity contribution < 1.29 is 9.90 Å². The fourth-order valence-corrected chi connectivity index (χ4v) is 2.75. The molecule has 1 aliphatic rings. The molecule has 2 aromatic heterocycles. The van der Waals surface area contributed by atoms with Crippen molar-refractivity contribution in [2.75, 3.05) is 18.8 Å². The van der Waals surface area contributed by atoms with Crippen molar-refractivity contribution in [3.63, 3.8) is 0 Å². The topological polar surface area (TPSA) is 83.9 Å². The number of nitrogen functional groups attached to an aromatic ring is 1. The maximum Gasteiger partial charge on any atom is 0.356 e. The first-order valence-electron chi connectivity index (χ1n) is 6.87. The molecule has 0 bridgehead atoms. The van der Waals surface area contributed by atoms with E-state index in [0.717, 1.165) is 18.9 Å². The Bertz CT molecular complexity index is 644. The normalized spacial score (nSPS) is 16.6. The number of hydrogen-bond donors (Lipinski definition) is 2. The van der Waals surface area contributed by atoms with Gasteiger partial charge in [-0.15, -0.1) is 0 Å². The van der Waals surface area contributed by atoms with E-state index in [1.165, 1.54) is 19.3 Å². The number of pyridine rings is 1. The first-order valence-corrected chi connectivity index (χ1v) is 6.87. The summed E-state index contributed by atoms with van der Waals surface area (Å²) < 4.78 is 1.80. The summed E-state index contributed by atoms with van der Waals surface area (Å²) in [5, 5.41) is 9.25. The molecule has 6 nitrogen and oxygen atoms in total. The predicted octanol–water partition coefficient (Wildman–Crippen LogP) is 1.60. The molecule has 0 saturated carbocycles. The molecule has 6 heteroatoms. The maximum atomic E-state index is 11.3. The number of hydrogen-bond acceptors (Lipinski definition) is 4. The monoisotopic (exact) mass is 274 g/mol. The average molecular weight is 274 g/mol. The van der Waals surface area contributed by atoms with Gasteiger partial charge in [-0.2, -0.15) is 0 Å². The highest BCUT2D eigenvalue weighted by Crippen LogP contribution is 2.19. The minimum atomic E-state index is -1.00. The largest absolute Gasteiger partial charge is 0.476 e. The number of nitrogens with zero attached hydrogens (tertiary/aromatic N) is 3. The van der Waals surface area contributed by atoms with Gasteiger partial charge in [0.25, 0.3) is 0 Å². The number of aromatic nitrogens is 2. The van der Waals surface area contributed by atoms with E-state index < -0.39 is 5.97 Å². The number of imidazole rings is 1. The molecule has 0 spiro atoms. The van der Waals surface area contributed by atoms with Crippen molar-refractivity contribution >= 4 is 17.2 Å². The molecule has 0 radical (unpaired) electrons. The Hall–Kier alpha value is -2.08. The Kier molecular flexibility index (Phi) is 3.31. The number of piperidine rings is 1. The lowest BCUT2D eigenvalue weighted by atomic mass is 10.1. The van der Waals surface area contributed by atoms with Gasteiger partial charge in [0.1, 0.15) is 5.82 Å². The van der Waals surface area contributed by atoms with Crippen LogP contribution in [-0.2, 0) is 6.54 Å². The summed E-state index contributed by atoms with van der Waals surface area (Å²) >= 11 is 0. The van der Waals surface area contributed by atoms with E-state index in [9.17, 15) is 9.90 Å². The van der Waals surface area contributed by atoms with Crippen LogP contribution in [0.15, 0.2) is 18.3 Å². The van der Waals surface area contributed by atoms with Crippen LogP contribution in [0, 0.1) is 0 Å². The summed E-state index contributed by atoms with van der Waals surface area (Å²) in [6.45, 7) is 2.75. The minimum absolute atomic E-state index is 0.0945. The fourth-order valence-electron chi connectivity index (χ4n) is 2.75. The number of carboxylic acid groups (broad SMARTS) is 1. The highest BCUT2D eigenvalue weighted by molar-refractivity contribution is 5.93. The molecule has 106 valence electrons. The van der Waals surface area contributed by atoms with Gasteiger partial charge < -0.3 is 10.8 Å². The van der Waals surface area contributed by atoms with Gasteiger partial charge in [0.2, 0.25) is 0 Å². The van der Waals surface area contributed by atoms with Crippen LogP contribution in [0.1, 0.15) is 35.6 Å². The van der Waals surface area contributed by atoms with Gasteiger partial charge in [-0.1, -0.05) is 6.42 Å². The van der Waals surface area contributed by atoms with Crippen molar-refractivity contribution in [2.24, 2.45) is 0 Å². The molecule has 2 aromatic rings. The average Bonchev–Trinajstić information content (AvgIpc) is 2.78. The molecule has 0 amide bonds. The van der Waals surface area contributed by atoms with Crippen molar-refractivity contribution in [1.29, 1.82) is 0 Å². The molecule has 20 heavy (non-hydrogen) atoms. The summed E-state index contributed by atoms with van der Waals surface area (Å²) in [7, 11) is 0. The molecule has 3 heterocycles. The molecule has 3 N–H and O–H groups in total. The number of rotatable bonds is 3. The van der Waals surface area contributed by atoms with Crippen molar-refractivity contribution in [3.8, 4) is 0 Å². The minimum Gasteiger partial charge on any atom is -0.476 e. The second-order valence-corrected chi connectivity index (χ2v) is 5.24. The molecule has 0 atom stereocenters. The van der Waals surface area contributed by atoms with Gasteiger partial charge >= 0.3 is 5.97 Å². The molecular formula is C14H18N4O2. The van der Waals surface area contributed by atoms with E-state index in [0.29, 0.717) is 17.7 Å². The van der Waals surface area contributed by atoms with Crippen LogP contribution in [0.3, 0.4) is 0 Å². The Labute approximate surface area is 116 Å². The zero-order chi connectivity index (χ0) is 14.1. The smallest absolute Gasteiger partial charge is 0.356 e. The first-order chi connectivity index (χ1) is 9.65. The summed E-state index contributed by atoms with van der Waals surface area (Å²) in [6, 6.07) is 3.42. The molecule has 0 aliphatic carbocycles. The summed E-state index contributed by atoms with van der Waals surface area (Å²) in [4.78, 5) is 17.9. The van der Waals surface area contributed by atoms with Crippen LogP contribution < -0.4 is 5.73 Å². The lowest BCUT2D eigenvalue weighted by Crippen LogP contribution is -2.29. The van der Waals surface area contributed by atoms with Crippen LogP contribution in [0.5, 0.6) is 0 Å². The summed E-state index contributed by atoms with van der Waals surface area (Å²) in [5.74, 6) is -0.260. The number of anilines is 1. The van der Waals surface area contributed by atoms with Crippen molar-refractivity contribution in [3.05, 3.63) is 29.8 Å². The number of likely N-dealkylation sites (tertiary alicyclic amines) is 1. The van der Waals surface area contributed by atoms with Crippen LogP contribution in [-0.4, -0.2) is 38.4 Å². The Morgan fingerprint density at radius 3 is 2.75 bits per heavy atom. The van der Waals surface area contributed by atoms with Gasteiger partial charge in [-0.05, 0) is 38.1 Å². The van der Waals surface area contributed by atoms with Gasteiger partial charge in [0, 0.05) is 11.9 Å². The number of aromatic carboxylic acids is 1. The SMILES string of the molecule is Nc1ccc2c(C(=O)O)nc(CN3CCCCC3)n2c1. The summed E-state index contributed by atoms with van der Waals surface area (Å²) in [5.41, 5.74) is 7.10. The van der Waals surface area contributed by atoms with Gasteiger partial charge in [-0.3, -0.25) is 9.30 Å². The van der Waals surface area contributed by atoms with E-state index in [-0.39, 0.29) is 5.69 Å². The zero-order valence-corrected chi connectivity index (χ0v) is 11.2. The van der Waals surface area contributed by atoms with E-state index in [1.807, 2.05) is 0 Å². The van der Waals surface area contributed by atoms with E-state index >= 15 is 0 Å². The molecule has 0 aromatic carbocycles.